The number of aryl methyl sites for hydroxylation is 1. The van der Waals surface area contributed by atoms with Crippen molar-refractivity contribution in [2.75, 3.05) is 0 Å². The first-order chi connectivity index (χ1) is 10.6. The van der Waals surface area contributed by atoms with E-state index < -0.39 is 0 Å². The molecule has 0 unspecified atom stereocenters. The molecule has 0 aliphatic rings. The van der Waals surface area contributed by atoms with E-state index >= 15 is 0 Å². The average Bonchev–Trinajstić information content (AvgIpc) is 2.82. The molecule has 0 amide bonds. The van der Waals surface area contributed by atoms with E-state index in [1.807, 2.05) is 31.3 Å². The molecule has 3 aromatic rings. The van der Waals surface area contributed by atoms with E-state index in [2.05, 4.69) is 4.98 Å². The van der Waals surface area contributed by atoms with Gasteiger partial charge in [-0.05, 0) is 43.3 Å². The van der Waals surface area contributed by atoms with Crippen molar-refractivity contribution >= 4 is 40.7 Å². The van der Waals surface area contributed by atoms with Crippen molar-refractivity contribution < 1.29 is 4.79 Å². The third kappa shape index (κ3) is 2.65. The number of ketones is 1. The predicted octanol–water partition coefficient (Wildman–Crippen LogP) is 4.85. The Hall–Kier alpha value is -2.10. The predicted molar refractivity (Wildman–Crippen MR) is 89.8 cm³/mol. The molecule has 0 spiro atoms. The van der Waals surface area contributed by atoms with Crippen molar-refractivity contribution in [1.82, 2.24) is 9.38 Å². The summed E-state index contributed by atoms with van der Waals surface area (Å²) in [5, 5.41) is 1.01. The number of carbonyl (C=O) groups is 1. The van der Waals surface area contributed by atoms with Crippen LogP contribution in [0, 0.1) is 6.92 Å². The van der Waals surface area contributed by atoms with Crippen molar-refractivity contribution in [3.8, 4) is 0 Å². The first-order valence-electron chi connectivity index (χ1n) is 6.68. The largest absolute Gasteiger partial charge is 0.297 e. The summed E-state index contributed by atoms with van der Waals surface area (Å²) in [6, 6.07) is 10.8. The van der Waals surface area contributed by atoms with Gasteiger partial charge in [-0.2, -0.15) is 0 Å². The monoisotopic (exact) mass is 330 g/mol. The van der Waals surface area contributed by atoms with Crippen LogP contribution >= 0.6 is 23.2 Å². The van der Waals surface area contributed by atoms with Crippen LogP contribution in [0.2, 0.25) is 10.0 Å². The first-order valence-corrected chi connectivity index (χ1v) is 7.43. The molecule has 3 rings (SSSR count). The quantitative estimate of drug-likeness (QED) is 0.508. The van der Waals surface area contributed by atoms with Gasteiger partial charge in [0, 0.05) is 21.8 Å². The zero-order chi connectivity index (χ0) is 15.7. The number of pyridine rings is 1. The summed E-state index contributed by atoms with van der Waals surface area (Å²) in [4.78, 5) is 16.9. The number of halogens is 2. The number of benzene rings is 1. The van der Waals surface area contributed by atoms with Gasteiger partial charge in [0.25, 0.3) is 0 Å². The lowest BCUT2D eigenvalue weighted by Gasteiger charge is -2.01. The molecule has 2 heterocycles. The Balaban J connectivity index is 2.00. The van der Waals surface area contributed by atoms with Gasteiger partial charge in [-0.15, -0.1) is 0 Å². The van der Waals surface area contributed by atoms with Crippen molar-refractivity contribution in [2.24, 2.45) is 0 Å². The maximum atomic E-state index is 12.5. The lowest BCUT2D eigenvalue weighted by molar-refractivity contribution is 0.104. The highest BCUT2D eigenvalue weighted by Gasteiger charge is 2.14. The zero-order valence-corrected chi connectivity index (χ0v) is 13.3. The molecule has 110 valence electrons. The Bertz CT molecular complexity index is 877. The van der Waals surface area contributed by atoms with E-state index in [0.29, 0.717) is 27.0 Å². The van der Waals surface area contributed by atoms with Gasteiger partial charge in [0.15, 0.2) is 0 Å². The summed E-state index contributed by atoms with van der Waals surface area (Å²) in [6.45, 7) is 1.82. The van der Waals surface area contributed by atoms with Crippen LogP contribution in [0.3, 0.4) is 0 Å². The molecular formula is C17H12Cl2N2O. The van der Waals surface area contributed by atoms with Gasteiger partial charge in [0.2, 0.25) is 5.78 Å². The van der Waals surface area contributed by atoms with Crippen LogP contribution < -0.4 is 0 Å². The topological polar surface area (TPSA) is 34.4 Å². The highest BCUT2D eigenvalue weighted by atomic mass is 35.5. The Morgan fingerprint density at radius 3 is 2.59 bits per heavy atom. The van der Waals surface area contributed by atoms with E-state index in [1.54, 1.807) is 28.7 Å². The van der Waals surface area contributed by atoms with Crippen molar-refractivity contribution in [3.63, 3.8) is 0 Å². The van der Waals surface area contributed by atoms with Crippen LogP contribution in [0.5, 0.6) is 0 Å². The number of aromatic nitrogens is 2. The Morgan fingerprint density at radius 1 is 1.14 bits per heavy atom. The summed E-state index contributed by atoms with van der Waals surface area (Å²) < 4.78 is 1.77. The van der Waals surface area contributed by atoms with Crippen LogP contribution in [0.1, 0.15) is 21.7 Å². The number of hydrogen-bond donors (Lipinski definition) is 0. The molecule has 1 aromatic carbocycles. The lowest BCUT2D eigenvalue weighted by Crippen LogP contribution is -2.01. The lowest BCUT2D eigenvalue weighted by atomic mass is 10.1. The van der Waals surface area contributed by atoms with Gasteiger partial charge in [-0.25, -0.2) is 4.98 Å². The molecule has 0 aliphatic heterocycles. The molecule has 3 nitrogen and oxygen atoms in total. The first kappa shape index (κ1) is 14.8. The summed E-state index contributed by atoms with van der Waals surface area (Å²) >= 11 is 12.2. The molecule has 22 heavy (non-hydrogen) atoms. The van der Waals surface area contributed by atoms with Crippen LogP contribution in [0.4, 0.5) is 0 Å². The molecule has 0 bridgehead atoms. The van der Waals surface area contributed by atoms with Gasteiger partial charge in [0.05, 0.1) is 5.69 Å². The summed E-state index contributed by atoms with van der Waals surface area (Å²) in [5.41, 5.74) is 2.60. The van der Waals surface area contributed by atoms with Crippen LogP contribution in [-0.2, 0) is 0 Å². The van der Waals surface area contributed by atoms with Gasteiger partial charge < -0.3 is 0 Å². The number of fused-ring (bicyclic) bond motifs is 1. The second-order valence-electron chi connectivity index (χ2n) is 4.81. The second-order valence-corrected chi connectivity index (χ2v) is 5.62. The number of nitrogens with zero attached hydrogens (tertiary/aromatic N) is 2. The second kappa shape index (κ2) is 5.95. The number of imidazole rings is 1. The molecule has 5 heteroatoms. The van der Waals surface area contributed by atoms with Gasteiger partial charge in [0.1, 0.15) is 11.3 Å². The SMILES string of the molecule is Cc1nc2ccccn2c1C(=O)C=Cc1c(Cl)cccc1Cl. The Labute approximate surface area is 137 Å². The van der Waals surface area contributed by atoms with E-state index in [4.69, 9.17) is 23.2 Å². The highest BCUT2D eigenvalue weighted by molar-refractivity contribution is 6.37. The number of allylic oxidation sites excluding steroid dienone is 1. The van der Waals surface area contributed by atoms with Crippen LogP contribution in [0.15, 0.2) is 48.7 Å². The van der Waals surface area contributed by atoms with Crippen molar-refractivity contribution in [1.29, 1.82) is 0 Å². The van der Waals surface area contributed by atoms with Crippen LogP contribution in [0.25, 0.3) is 11.7 Å². The summed E-state index contributed by atoms with van der Waals surface area (Å²) in [6.07, 6.45) is 4.92. The minimum absolute atomic E-state index is 0.146. The Kier molecular flexibility index (Phi) is 4.01. The third-order valence-electron chi connectivity index (χ3n) is 3.34. The minimum atomic E-state index is -0.146. The minimum Gasteiger partial charge on any atom is -0.297 e. The van der Waals surface area contributed by atoms with E-state index in [1.165, 1.54) is 6.08 Å². The molecule has 0 saturated heterocycles. The molecule has 0 aliphatic carbocycles. The number of hydrogen-bond acceptors (Lipinski definition) is 2. The van der Waals surface area contributed by atoms with E-state index in [9.17, 15) is 4.79 Å². The maximum Gasteiger partial charge on any atom is 0.204 e. The normalized spacial score (nSPS) is 11.4. The van der Waals surface area contributed by atoms with Crippen molar-refractivity contribution in [3.05, 3.63) is 75.7 Å². The summed E-state index contributed by atoms with van der Waals surface area (Å²) in [7, 11) is 0. The van der Waals surface area contributed by atoms with E-state index in [-0.39, 0.29) is 5.78 Å². The fraction of sp³-hybridized carbons (Fsp3) is 0.0588. The van der Waals surface area contributed by atoms with Crippen LogP contribution in [-0.4, -0.2) is 15.2 Å². The standard InChI is InChI=1S/C17H12Cl2N2O/c1-11-17(21-10-3-2-7-16(21)20-11)15(22)9-8-12-13(18)5-4-6-14(12)19/h2-10H,1H3. The van der Waals surface area contributed by atoms with Gasteiger partial charge >= 0.3 is 0 Å². The molecule has 0 radical (unpaired) electrons. The fourth-order valence-corrected chi connectivity index (χ4v) is 2.84. The number of rotatable bonds is 3. The fourth-order valence-electron chi connectivity index (χ4n) is 2.32. The zero-order valence-electron chi connectivity index (χ0n) is 11.8. The van der Waals surface area contributed by atoms with Crippen molar-refractivity contribution in [2.45, 2.75) is 6.92 Å². The number of carbonyl (C=O) groups excluding carboxylic acids is 1. The van der Waals surface area contributed by atoms with E-state index in [0.717, 1.165) is 5.65 Å². The molecular weight excluding hydrogens is 319 g/mol. The molecule has 0 saturated carbocycles. The molecule has 2 aromatic heterocycles. The Morgan fingerprint density at radius 2 is 1.86 bits per heavy atom. The third-order valence-corrected chi connectivity index (χ3v) is 4.00. The molecule has 0 fully saturated rings. The smallest absolute Gasteiger partial charge is 0.204 e. The van der Waals surface area contributed by atoms with Gasteiger partial charge in [-0.3, -0.25) is 9.20 Å². The molecule has 0 atom stereocenters. The highest BCUT2D eigenvalue weighted by Crippen LogP contribution is 2.25. The summed E-state index contributed by atoms with van der Waals surface area (Å²) in [5.74, 6) is -0.146. The van der Waals surface area contributed by atoms with Gasteiger partial charge in [-0.1, -0.05) is 35.3 Å². The maximum absolute atomic E-state index is 12.5. The average molecular weight is 331 g/mol. The molecule has 0 N–H and O–H groups in total.